The summed E-state index contributed by atoms with van der Waals surface area (Å²) in [7, 11) is 0. The largest absolute Gasteiger partial charge is 0.390 e. The first-order valence-corrected chi connectivity index (χ1v) is 12.2. The summed E-state index contributed by atoms with van der Waals surface area (Å²) in [6.45, 7) is 16.6. The molecule has 168 valence electrons. The zero-order chi connectivity index (χ0) is 22.0. The van der Waals surface area contributed by atoms with Crippen molar-refractivity contribution in [2.75, 3.05) is 0 Å². The van der Waals surface area contributed by atoms with E-state index in [9.17, 15) is 5.11 Å². The second-order valence-electron chi connectivity index (χ2n) is 11.6. The molecule has 1 aromatic rings. The number of aliphatic hydroxyl groups is 1. The zero-order valence-corrected chi connectivity index (χ0v) is 18.9. The standard InChI is InChI=1S/C26H36FN3O/c1-16(15-30-12-9-24(28-4)29-30)21-5-6-22-19-13-23(27)20-14-25(2,31)10-7-18(20)17(19)8-11-26(21,22)3/h9,12,17-23,31H,1,5-8,10-11,13-15H2,2-3H3/t17-,18-,19-,20+,21-,22+,23-,25-,26-/m1/s1. The van der Waals surface area contributed by atoms with E-state index in [1.54, 1.807) is 6.07 Å². The lowest BCUT2D eigenvalue weighted by Gasteiger charge is -2.57. The Kier molecular flexibility index (Phi) is 5.09. The lowest BCUT2D eigenvalue weighted by molar-refractivity contribution is -0.125. The molecule has 4 fully saturated rings. The average Bonchev–Trinajstić information content (AvgIpc) is 3.31. The molecule has 9 atom stereocenters. The van der Waals surface area contributed by atoms with Gasteiger partial charge in [0.2, 0.25) is 0 Å². The van der Waals surface area contributed by atoms with Crippen LogP contribution in [0.15, 0.2) is 24.4 Å². The maximum atomic E-state index is 15.4. The average molecular weight is 426 g/mol. The Morgan fingerprint density at radius 3 is 2.71 bits per heavy atom. The zero-order valence-electron chi connectivity index (χ0n) is 18.9. The summed E-state index contributed by atoms with van der Waals surface area (Å²) >= 11 is 0. The van der Waals surface area contributed by atoms with E-state index in [1.165, 1.54) is 24.8 Å². The van der Waals surface area contributed by atoms with Gasteiger partial charge < -0.3 is 9.95 Å². The molecule has 4 aliphatic rings. The summed E-state index contributed by atoms with van der Waals surface area (Å²) in [6, 6.07) is 1.76. The summed E-state index contributed by atoms with van der Waals surface area (Å²) in [6.07, 6.45) is 8.95. The molecular weight excluding hydrogens is 389 g/mol. The van der Waals surface area contributed by atoms with Crippen molar-refractivity contribution < 1.29 is 9.50 Å². The molecule has 4 nitrogen and oxygen atoms in total. The number of hydrogen-bond acceptors (Lipinski definition) is 2. The number of halogens is 1. The molecule has 1 N–H and O–H groups in total. The highest BCUT2D eigenvalue weighted by Gasteiger charge is 2.59. The van der Waals surface area contributed by atoms with Gasteiger partial charge in [0.15, 0.2) is 0 Å². The van der Waals surface area contributed by atoms with E-state index in [0.717, 1.165) is 19.3 Å². The molecule has 0 spiro atoms. The Morgan fingerprint density at radius 1 is 1.23 bits per heavy atom. The molecule has 0 saturated heterocycles. The fourth-order valence-corrected chi connectivity index (χ4v) is 8.49. The lowest BCUT2D eigenvalue weighted by atomic mass is 9.48. The van der Waals surface area contributed by atoms with Crippen molar-refractivity contribution in [2.45, 2.75) is 83.5 Å². The van der Waals surface area contributed by atoms with Gasteiger partial charge in [0.05, 0.1) is 12.1 Å². The predicted octanol–water partition coefficient (Wildman–Crippen LogP) is 5.96. The van der Waals surface area contributed by atoms with E-state index in [-0.39, 0.29) is 11.3 Å². The Hall–Kier alpha value is -1.67. The van der Waals surface area contributed by atoms with E-state index in [2.05, 4.69) is 23.4 Å². The summed E-state index contributed by atoms with van der Waals surface area (Å²) in [5.74, 6) is 3.07. The van der Waals surface area contributed by atoms with Gasteiger partial charge in [0, 0.05) is 6.20 Å². The molecule has 4 saturated carbocycles. The summed E-state index contributed by atoms with van der Waals surface area (Å²) in [5.41, 5.74) is 0.722. The van der Waals surface area contributed by atoms with E-state index in [4.69, 9.17) is 6.57 Å². The molecule has 0 amide bonds. The number of hydrogen-bond donors (Lipinski definition) is 1. The van der Waals surface area contributed by atoms with Gasteiger partial charge >= 0.3 is 0 Å². The molecule has 5 heteroatoms. The second kappa shape index (κ2) is 7.44. The van der Waals surface area contributed by atoms with Crippen molar-refractivity contribution in [2.24, 2.45) is 40.9 Å². The third-order valence-corrected chi connectivity index (χ3v) is 9.85. The highest BCUT2D eigenvalue weighted by Crippen LogP contribution is 2.65. The molecule has 1 aromatic heterocycles. The SMILES string of the molecule is [C-]#[N+]c1ccn(CC(=C)[C@H]2CC[C@H]3[C@@H]4C[C@@H](F)[C@H]5C[C@](C)(O)CC[C@@H]5[C@H]4CC[C@]23C)n1. The molecule has 31 heavy (non-hydrogen) atoms. The van der Waals surface area contributed by atoms with Crippen molar-refractivity contribution in [1.82, 2.24) is 9.78 Å². The minimum absolute atomic E-state index is 0.0537. The highest BCUT2D eigenvalue weighted by molar-refractivity contribution is 5.33. The number of allylic oxidation sites excluding steroid dienone is 1. The van der Waals surface area contributed by atoms with Crippen LogP contribution in [0.1, 0.15) is 65.2 Å². The molecule has 0 unspecified atom stereocenters. The first-order chi connectivity index (χ1) is 14.7. The van der Waals surface area contributed by atoms with Gasteiger partial charge in [0.25, 0.3) is 5.82 Å². The van der Waals surface area contributed by atoms with Crippen molar-refractivity contribution in [1.29, 1.82) is 0 Å². The molecule has 5 rings (SSSR count). The number of fused-ring (bicyclic) bond motifs is 5. The van der Waals surface area contributed by atoms with Crippen LogP contribution in [0.4, 0.5) is 10.2 Å². The Balaban J connectivity index is 1.33. The summed E-state index contributed by atoms with van der Waals surface area (Å²) in [4.78, 5) is 3.41. The quantitative estimate of drug-likeness (QED) is 0.480. The van der Waals surface area contributed by atoms with E-state index in [0.29, 0.717) is 54.8 Å². The smallest absolute Gasteiger partial charge is 0.295 e. The van der Waals surface area contributed by atoms with Gasteiger partial charge in [-0.3, -0.25) is 0 Å². The number of rotatable bonds is 3. The predicted molar refractivity (Wildman–Crippen MR) is 119 cm³/mol. The molecule has 0 aliphatic heterocycles. The first kappa shape index (κ1) is 21.2. The third-order valence-electron chi connectivity index (χ3n) is 9.85. The van der Waals surface area contributed by atoms with Crippen LogP contribution in [0.3, 0.4) is 0 Å². The third kappa shape index (κ3) is 3.46. The van der Waals surface area contributed by atoms with Gasteiger partial charge in [-0.15, -0.1) is 0 Å². The topological polar surface area (TPSA) is 42.4 Å². The van der Waals surface area contributed by atoms with Crippen LogP contribution in [0.2, 0.25) is 0 Å². The van der Waals surface area contributed by atoms with E-state index < -0.39 is 11.8 Å². The highest BCUT2D eigenvalue weighted by atomic mass is 19.1. The normalized spacial score (nSPS) is 46.5. The molecule has 0 aromatic carbocycles. The Labute approximate surface area is 185 Å². The minimum Gasteiger partial charge on any atom is -0.390 e. The maximum Gasteiger partial charge on any atom is 0.295 e. The monoisotopic (exact) mass is 425 g/mol. The van der Waals surface area contributed by atoms with Gasteiger partial charge in [0.1, 0.15) is 6.17 Å². The number of alkyl halides is 1. The molecule has 1 heterocycles. The van der Waals surface area contributed by atoms with Crippen LogP contribution in [-0.4, -0.2) is 26.7 Å². The molecule has 4 aliphatic carbocycles. The van der Waals surface area contributed by atoms with Gasteiger partial charge in [-0.05, 0) is 110 Å². The molecule has 0 bridgehead atoms. The van der Waals surface area contributed by atoms with Crippen LogP contribution >= 0.6 is 0 Å². The van der Waals surface area contributed by atoms with Gasteiger partial charge in [-0.1, -0.05) is 25.6 Å². The maximum absolute atomic E-state index is 15.4. The van der Waals surface area contributed by atoms with Gasteiger partial charge in [-0.2, -0.15) is 4.68 Å². The van der Waals surface area contributed by atoms with E-state index in [1.807, 2.05) is 17.8 Å². The Bertz CT molecular complexity index is 901. The minimum atomic E-state index is -0.765. The van der Waals surface area contributed by atoms with Crippen LogP contribution in [0.25, 0.3) is 4.85 Å². The van der Waals surface area contributed by atoms with Crippen LogP contribution < -0.4 is 0 Å². The fraction of sp³-hybridized carbons (Fsp3) is 0.769. The van der Waals surface area contributed by atoms with Crippen LogP contribution in [-0.2, 0) is 6.54 Å². The van der Waals surface area contributed by atoms with E-state index >= 15 is 4.39 Å². The van der Waals surface area contributed by atoms with Gasteiger partial charge in [-0.25, -0.2) is 4.39 Å². The molecular formula is C26H36FN3O. The molecule has 0 radical (unpaired) electrons. The number of nitrogens with zero attached hydrogens (tertiary/aromatic N) is 3. The second-order valence-corrected chi connectivity index (χ2v) is 11.6. The van der Waals surface area contributed by atoms with Crippen molar-refractivity contribution >= 4 is 5.82 Å². The summed E-state index contributed by atoms with van der Waals surface area (Å²) in [5, 5.41) is 14.9. The van der Waals surface area contributed by atoms with Crippen LogP contribution in [0, 0.1) is 47.5 Å². The first-order valence-electron chi connectivity index (χ1n) is 12.2. The van der Waals surface area contributed by atoms with Crippen molar-refractivity contribution in [3.63, 3.8) is 0 Å². The Morgan fingerprint density at radius 2 is 1.97 bits per heavy atom. The fourth-order valence-electron chi connectivity index (χ4n) is 8.49. The van der Waals surface area contributed by atoms with Crippen LogP contribution in [0.5, 0.6) is 0 Å². The lowest BCUT2D eigenvalue weighted by Crippen LogP contribution is -2.54. The summed E-state index contributed by atoms with van der Waals surface area (Å²) < 4.78 is 17.3. The van der Waals surface area contributed by atoms with Crippen molar-refractivity contribution in [3.05, 3.63) is 35.8 Å². The number of aromatic nitrogens is 2. The van der Waals surface area contributed by atoms with Crippen molar-refractivity contribution in [3.8, 4) is 0 Å².